The zero-order valence-electron chi connectivity index (χ0n) is 9.16. The minimum atomic E-state index is -0.0561. The quantitative estimate of drug-likeness (QED) is 0.617. The van der Waals surface area contributed by atoms with Crippen molar-refractivity contribution in [3.63, 3.8) is 0 Å². The topological polar surface area (TPSA) is 49.5 Å². The fourth-order valence-corrected chi connectivity index (χ4v) is 1.23. The van der Waals surface area contributed by atoms with E-state index in [0.29, 0.717) is 0 Å². The first kappa shape index (κ1) is 12.9. The molecule has 3 nitrogen and oxygen atoms in total. The van der Waals surface area contributed by atoms with Crippen LogP contribution in [-0.4, -0.2) is 42.8 Å². The molecule has 0 amide bonds. The number of hydrogen-bond acceptors (Lipinski definition) is 3. The molecule has 0 saturated carbocycles. The van der Waals surface area contributed by atoms with Gasteiger partial charge in [0.2, 0.25) is 0 Å². The van der Waals surface area contributed by atoms with E-state index in [1.54, 1.807) is 0 Å². The predicted octanol–water partition coefficient (Wildman–Crippen LogP) is 0.674. The Kier molecular flexibility index (Phi) is 7.23. The Morgan fingerprint density at radius 1 is 1.46 bits per heavy atom. The molecule has 0 aromatic carbocycles. The second-order valence-corrected chi connectivity index (χ2v) is 4.01. The molecule has 3 heteroatoms. The fraction of sp³-hybridized carbons (Fsp3) is 1.00. The molecule has 0 aliphatic rings. The smallest absolute Gasteiger partial charge is 0.0583 e. The van der Waals surface area contributed by atoms with E-state index < -0.39 is 0 Å². The maximum atomic E-state index is 8.73. The SMILES string of the molecule is CCC(C)CN(C)CCC(N)CO. The lowest BCUT2D eigenvalue weighted by Crippen LogP contribution is -2.32. The van der Waals surface area contributed by atoms with Crippen molar-refractivity contribution in [1.82, 2.24) is 4.90 Å². The van der Waals surface area contributed by atoms with Gasteiger partial charge in [0.15, 0.2) is 0 Å². The van der Waals surface area contributed by atoms with Gasteiger partial charge >= 0.3 is 0 Å². The van der Waals surface area contributed by atoms with E-state index in [1.165, 1.54) is 6.42 Å². The van der Waals surface area contributed by atoms with E-state index in [0.717, 1.165) is 25.4 Å². The van der Waals surface area contributed by atoms with E-state index in [9.17, 15) is 0 Å². The Morgan fingerprint density at radius 2 is 2.08 bits per heavy atom. The van der Waals surface area contributed by atoms with Crippen LogP contribution in [-0.2, 0) is 0 Å². The van der Waals surface area contributed by atoms with Crippen LogP contribution in [0.5, 0.6) is 0 Å². The molecule has 0 fully saturated rings. The Bertz CT molecular complexity index is 119. The summed E-state index contributed by atoms with van der Waals surface area (Å²) in [4.78, 5) is 2.28. The molecule has 0 heterocycles. The Morgan fingerprint density at radius 3 is 2.54 bits per heavy atom. The van der Waals surface area contributed by atoms with Gasteiger partial charge in [-0.3, -0.25) is 0 Å². The Hall–Kier alpha value is -0.120. The van der Waals surface area contributed by atoms with Gasteiger partial charge in [-0.25, -0.2) is 0 Å². The average molecular weight is 188 g/mol. The van der Waals surface area contributed by atoms with E-state index in [4.69, 9.17) is 10.8 Å². The summed E-state index contributed by atoms with van der Waals surface area (Å²) in [5.41, 5.74) is 5.61. The standard InChI is InChI=1S/C10H24N2O/c1-4-9(2)7-12(3)6-5-10(11)8-13/h9-10,13H,4-8,11H2,1-3H3. The zero-order valence-corrected chi connectivity index (χ0v) is 9.16. The maximum absolute atomic E-state index is 8.73. The summed E-state index contributed by atoms with van der Waals surface area (Å²) in [6.45, 7) is 6.65. The van der Waals surface area contributed by atoms with Crippen LogP contribution in [0.25, 0.3) is 0 Å². The average Bonchev–Trinajstić information content (AvgIpc) is 2.13. The summed E-state index contributed by atoms with van der Waals surface area (Å²) in [6.07, 6.45) is 2.10. The molecule has 13 heavy (non-hydrogen) atoms. The van der Waals surface area contributed by atoms with Crippen LogP contribution in [0.1, 0.15) is 26.7 Å². The summed E-state index contributed by atoms with van der Waals surface area (Å²) in [5.74, 6) is 0.746. The zero-order chi connectivity index (χ0) is 10.3. The molecule has 0 aromatic rings. The highest BCUT2D eigenvalue weighted by Gasteiger charge is 2.06. The number of aliphatic hydroxyl groups excluding tert-OH is 1. The van der Waals surface area contributed by atoms with Crippen molar-refractivity contribution in [2.45, 2.75) is 32.7 Å². The van der Waals surface area contributed by atoms with Crippen LogP contribution < -0.4 is 5.73 Å². The summed E-state index contributed by atoms with van der Waals surface area (Å²) in [7, 11) is 2.11. The van der Waals surface area contributed by atoms with Gasteiger partial charge in [0.25, 0.3) is 0 Å². The minimum absolute atomic E-state index is 0.0561. The van der Waals surface area contributed by atoms with Gasteiger partial charge in [-0.15, -0.1) is 0 Å². The van der Waals surface area contributed by atoms with Crippen molar-refractivity contribution in [1.29, 1.82) is 0 Å². The minimum Gasteiger partial charge on any atom is -0.395 e. The maximum Gasteiger partial charge on any atom is 0.0583 e. The second kappa shape index (κ2) is 7.30. The summed E-state index contributed by atoms with van der Waals surface area (Å²) in [6, 6.07) is -0.0561. The number of hydrogen-bond donors (Lipinski definition) is 2. The highest BCUT2D eigenvalue weighted by atomic mass is 16.3. The Labute approximate surface area is 81.9 Å². The van der Waals surface area contributed by atoms with E-state index in [-0.39, 0.29) is 12.6 Å². The van der Waals surface area contributed by atoms with Crippen molar-refractivity contribution >= 4 is 0 Å². The third-order valence-electron chi connectivity index (χ3n) is 2.44. The summed E-state index contributed by atoms with van der Waals surface area (Å²) >= 11 is 0. The van der Waals surface area contributed by atoms with Gasteiger partial charge in [-0.1, -0.05) is 20.3 Å². The molecule has 0 spiro atoms. The molecule has 0 aliphatic carbocycles. The molecule has 80 valence electrons. The Balaban J connectivity index is 3.45. The molecule has 2 unspecified atom stereocenters. The van der Waals surface area contributed by atoms with Crippen LogP contribution in [0, 0.1) is 5.92 Å². The monoisotopic (exact) mass is 188 g/mol. The van der Waals surface area contributed by atoms with E-state index in [2.05, 4.69) is 25.8 Å². The van der Waals surface area contributed by atoms with Crippen LogP contribution in [0.3, 0.4) is 0 Å². The normalized spacial score (nSPS) is 16.2. The van der Waals surface area contributed by atoms with Gasteiger partial charge in [0.1, 0.15) is 0 Å². The van der Waals surface area contributed by atoms with Crippen molar-refractivity contribution in [2.24, 2.45) is 11.7 Å². The molecular weight excluding hydrogens is 164 g/mol. The third-order valence-corrected chi connectivity index (χ3v) is 2.44. The summed E-state index contributed by atoms with van der Waals surface area (Å²) < 4.78 is 0. The molecule has 0 aliphatic heterocycles. The van der Waals surface area contributed by atoms with Crippen LogP contribution in [0.4, 0.5) is 0 Å². The van der Waals surface area contributed by atoms with Crippen molar-refractivity contribution in [3.05, 3.63) is 0 Å². The third kappa shape index (κ3) is 6.99. The van der Waals surface area contributed by atoms with Crippen molar-refractivity contribution in [3.8, 4) is 0 Å². The van der Waals surface area contributed by atoms with Gasteiger partial charge in [-0.05, 0) is 25.9 Å². The van der Waals surface area contributed by atoms with Crippen LogP contribution >= 0.6 is 0 Å². The first-order valence-electron chi connectivity index (χ1n) is 5.15. The first-order valence-corrected chi connectivity index (χ1v) is 5.15. The molecule has 0 rings (SSSR count). The molecule has 0 saturated heterocycles. The molecule has 0 aromatic heterocycles. The summed E-state index contributed by atoms with van der Waals surface area (Å²) in [5, 5.41) is 8.73. The van der Waals surface area contributed by atoms with E-state index >= 15 is 0 Å². The molecule has 3 N–H and O–H groups in total. The van der Waals surface area contributed by atoms with Gasteiger partial charge in [0.05, 0.1) is 6.61 Å². The van der Waals surface area contributed by atoms with Gasteiger partial charge in [-0.2, -0.15) is 0 Å². The molecular formula is C10H24N2O. The molecule has 0 radical (unpaired) electrons. The highest BCUT2D eigenvalue weighted by molar-refractivity contribution is 4.63. The van der Waals surface area contributed by atoms with Crippen molar-refractivity contribution < 1.29 is 5.11 Å². The van der Waals surface area contributed by atoms with Crippen molar-refractivity contribution in [2.75, 3.05) is 26.7 Å². The first-order chi connectivity index (χ1) is 6.10. The number of aliphatic hydroxyl groups is 1. The van der Waals surface area contributed by atoms with Gasteiger partial charge < -0.3 is 15.7 Å². The fourth-order valence-electron chi connectivity index (χ4n) is 1.23. The predicted molar refractivity (Wildman–Crippen MR) is 56.6 cm³/mol. The number of nitrogens with zero attached hydrogens (tertiary/aromatic N) is 1. The lowest BCUT2D eigenvalue weighted by molar-refractivity contribution is 0.229. The largest absolute Gasteiger partial charge is 0.395 e. The van der Waals surface area contributed by atoms with E-state index in [1.807, 2.05) is 0 Å². The lowest BCUT2D eigenvalue weighted by Gasteiger charge is -2.21. The van der Waals surface area contributed by atoms with Gasteiger partial charge in [0, 0.05) is 12.6 Å². The molecule has 0 bridgehead atoms. The van der Waals surface area contributed by atoms with Crippen LogP contribution in [0.2, 0.25) is 0 Å². The number of rotatable bonds is 7. The number of nitrogens with two attached hydrogens (primary N) is 1. The second-order valence-electron chi connectivity index (χ2n) is 4.01. The van der Waals surface area contributed by atoms with Crippen LogP contribution in [0.15, 0.2) is 0 Å². The highest BCUT2D eigenvalue weighted by Crippen LogP contribution is 2.03. The lowest BCUT2D eigenvalue weighted by atomic mass is 10.1. The molecule has 2 atom stereocenters.